The number of hydrogen-bond donors (Lipinski definition) is 0. The fourth-order valence-corrected chi connectivity index (χ4v) is 0.118. The van der Waals surface area contributed by atoms with E-state index >= 15 is 0 Å². The Hall–Kier alpha value is -0.0400. The summed E-state index contributed by atoms with van der Waals surface area (Å²) in [4.78, 5) is 0. The summed E-state index contributed by atoms with van der Waals surface area (Å²) in [6.45, 7) is 4.06. The van der Waals surface area contributed by atoms with Crippen LogP contribution in [-0.4, -0.2) is 6.10 Å². The molecule has 0 fully saturated rings. The SMILES string of the molecule is [CH2]OC(C)CC. The van der Waals surface area contributed by atoms with Crippen molar-refractivity contribution in [1.82, 2.24) is 0 Å². The number of rotatable bonds is 2. The molecule has 0 aliphatic heterocycles. The van der Waals surface area contributed by atoms with Crippen molar-refractivity contribution in [3.8, 4) is 0 Å². The number of hydrogen-bond acceptors (Lipinski definition) is 1. The van der Waals surface area contributed by atoms with Crippen molar-refractivity contribution in [3.63, 3.8) is 0 Å². The molecular weight excluding hydrogens is 76.1 g/mol. The maximum absolute atomic E-state index is 4.65. The minimum absolute atomic E-state index is 0.324. The average molecular weight is 87.1 g/mol. The van der Waals surface area contributed by atoms with Crippen molar-refractivity contribution in [3.05, 3.63) is 7.11 Å². The molecule has 0 heterocycles. The highest BCUT2D eigenvalue weighted by Crippen LogP contribution is 1.91. The largest absolute Gasteiger partial charge is 0.376 e. The smallest absolute Gasteiger partial charge is 0.0704 e. The molecule has 1 heteroatoms. The van der Waals surface area contributed by atoms with Gasteiger partial charge in [-0.1, -0.05) is 6.92 Å². The molecule has 0 aromatic rings. The third kappa shape index (κ3) is 2.21. The van der Waals surface area contributed by atoms with Gasteiger partial charge in [-0.15, -0.1) is 0 Å². The van der Waals surface area contributed by atoms with Crippen molar-refractivity contribution in [2.75, 3.05) is 0 Å². The van der Waals surface area contributed by atoms with Gasteiger partial charge < -0.3 is 4.74 Å². The van der Waals surface area contributed by atoms with Crippen molar-refractivity contribution >= 4 is 0 Å². The maximum Gasteiger partial charge on any atom is 0.0704 e. The second-order valence-corrected chi connectivity index (χ2v) is 1.39. The summed E-state index contributed by atoms with van der Waals surface area (Å²) < 4.78 is 4.65. The van der Waals surface area contributed by atoms with Crippen LogP contribution in [0.2, 0.25) is 0 Å². The van der Waals surface area contributed by atoms with E-state index in [9.17, 15) is 0 Å². The monoisotopic (exact) mass is 87.1 g/mol. The van der Waals surface area contributed by atoms with E-state index in [0.29, 0.717) is 6.10 Å². The van der Waals surface area contributed by atoms with Gasteiger partial charge in [-0.2, -0.15) is 0 Å². The van der Waals surface area contributed by atoms with Gasteiger partial charge in [-0.3, -0.25) is 0 Å². The Morgan fingerprint density at radius 2 is 2.33 bits per heavy atom. The average Bonchev–Trinajstić information content (AvgIpc) is 1.65. The van der Waals surface area contributed by atoms with Crippen molar-refractivity contribution < 1.29 is 4.74 Å². The van der Waals surface area contributed by atoms with Crippen LogP contribution in [0.1, 0.15) is 20.3 Å². The Kier molecular flexibility index (Phi) is 3.14. The van der Waals surface area contributed by atoms with Crippen molar-refractivity contribution in [2.24, 2.45) is 0 Å². The highest BCUT2D eigenvalue weighted by atomic mass is 16.5. The topological polar surface area (TPSA) is 9.23 Å². The lowest BCUT2D eigenvalue weighted by atomic mass is 10.3. The minimum atomic E-state index is 0.324. The number of ether oxygens (including phenoxy) is 1. The molecule has 0 bridgehead atoms. The van der Waals surface area contributed by atoms with Gasteiger partial charge >= 0.3 is 0 Å². The van der Waals surface area contributed by atoms with Crippen LogP contribution in [-0.2, 0) is 4.74 Å². The molecule has 0 aromatic heterocycles. The first-order chi connectivity index (χ1) is 2.81. The second-order valence-electron chi connectivity index (χ2n) is 1.39. The second kappa shape index (κ2) is 3.16. The molecule has 0 amide bonds. The van der Waals surface area contributed by atoms with E-state index in [4.69, 9.17) is 0 Å². The molecule has 0 rings (SSSR count). The fraction of sp³-hybridized carbons (Fsp3) is 0.800. The van der Waals surface area contributed by atoms with E-state index in [1.54, 1.807) is 0 Å². The summed E-state index contributed by atoms with van der Waals surface area (Å²) >= 11 is 0. The van der Waals surface area contributed by atoms with Gasteiger partial charge in [-0.25, -0.2) is 0 Å². The normalized spacial score (nSPS) is 14.5. The predicted octanol–water partition coefficient (Wildman–Crippen LogP) is 1.59. The Balaban J connectivity index is 2.75. The first kappa shape index (κ1) is 5.96. The van der Waals surface area contributed by atoms with Gasteiger partial charge in [-0.05, 0) is 13.3 Å². The third-order valence-electron chi connectivity index (χ3n) is 0.859. The van der Waals surface area contributed by atoms with Crippen LogP contribution in [0.4, 0.5) is 0 Å². The molecule has 0 spiro atoms. The molecule has 37 valence electrons. The quantitative estimate of drug-likeness (QED) is 0.497. The molecule has 0 N–H and O–H groups in total. The molecule has 1 unspecified atom stereocenters. The highest BCUT2D eigenvalue weighted by Gasteiger charge is 1.88. The zero-order valence-electron chi connectivity index (χ0n) is 4.40. The molecule has 0 saturated carbocycles. The van der Waals surface area contributed by atoms with Crippen LogP contribution in [0, 0.1) is 7.11 Å². The lowest BCUT2D eigenvalue weighted by Gasteiger charge is -2.01. The minimum Gasteiger partial charge on any atom is -0.376 e. The van der Waals surface area contributed by atoms with Crippen LogP contribution in [0.15, 0.2) is 0 Å². The zero-order chi connectivity index (χ0) is 4.99. The zero-order valence-corrected chi connectivity index (χ0v) is 4.40. The van der Waals surface area contributed by atoms with Crippen LogP contribution < -0.4 is 0 Å². The Labute approximate surface area is 39.3 Å². The lowest BCUT2D eigenvalue weighted by Crippen LogP contribution is -1.98. The van der Waals surface area contributed by atoms with Gasteiger partial charge in [0.05, 0.1) is 13.2 Å². The first-order valence-electron chi connectivity index (χ1n) is 2.22. The van der Waals surface area contributed by atoms with Crippen LogP contribution in [0.5, 0.6) is 0 Å². The fourth-order valence-electron chi connectivity index (χ4n) is 0.118. The molecule has 6 heavy (non-hydrogen) atoms. The van der Waals surface area contributed by atoms with E-state index in [0.717, 1.165) is 6.42 Å². The molecule has 1 radical (unpaired) electrons. The van der Waals surface area contributed by atoms with Gasteiger partial charge in [0, 0.05) is 0 Å². The molecule has 1 nitrogen and oxygen atoms in total. The lowest BCUT2D eigenvalue weighted by molar-refractivity contribution is 0.151. The van der Waals surface area contributed by atoms with Gasteiger partial charge in [0.2, 0.25) is 0 Å². The summed E-state index contributed by atoms with van der Waals surface area (Å²) in [5.41, 5.74) is 0. The molecular formula is C5H11O. The molecule has 0 aliphatic carbocycles. The van der Waals surface area contributed by atoms with E-state index in [-0.39, 0.29) is 0 Å². The highest BCUT2D eigenvalue weighted by molar-refractivity contribution is 4.40. The van der Waals surface area contributed by atoms with Gasteiger partial charge in [0.25, 0.3) is 0 Å². The van der Waals surface area contributed by atoms with Crippen LogP contribution in [0.3, 0.4) is 0 Å². The Morgan fingerprint density at radius 3 is 2.33 bits per heavy atom. The van der Waals surface area contributed by atoms with Gasteiger partial charge in [0.15, 0.2) is 0 Å². The Morgan fingerprint density at radius 1 is 1.83 bits per heavy atom. The summed E-state index contributed by atoms with van der Waals surface area (Å²) in [6.07, 6.45) is 1.37. The first-order valence-corrected chi connectivity index (χ1v) is 2.22. The standard InChI is InChI=1S/C5H11O/c1-4-5(2)6-3/h5H,3-4H2,1-2H3. The molecule has 0 aliphatic rings. The van der Waals surface area contributed by atoms with Crippen LogP contribution >= 0.6 is 0 Å². The molecule has 0 saturated heterocycles. The maximum atomic E-state index is 4.65. The van der Waals surface area contributed by atoms with Gasteiger partial charge in [0.1, 0.15) is 0 Å². The molecule has 0 aromatic carbocycles. The van der Waals surface area contributed by atoms with E-state index < -0.39 is 0 Å². The van der Waals surface area contributed by atoms with Crippen molar-refractivity contribution in [1.29, 1.82) is 0 Å². The van der Waals surface area contributed by atoms with E-state index in [1.165, 1.54) is 0 Å². The van der Waals surface area contributed by atoms with E-state index in [2.05, 4.69) is 18.8 Å². The summed E-state index contributed by atoms with van der Waals surface area (Å²) in [6, 6.07) is 0. The predicted molar refractivity (Wildman–Crippen MR) is 26.2 cm³/mol. The summed E-state index contributed by atoms with van der Waals surface area (Å²) in [5.74, 6) is 0. The summed E-state index contributed by atoms with van der Waals surface area (Å²) in [7, 11) is 3.26. The third-order valence-corrected chi connectivity index (χ3v) is 0.859. The van der Waals surface area contributed by atoms with E-state index in [1.807, 2.05) is 6.92 Å². The molecule has 1 atom stereocenters. The Bertz CT molecular complexity index is 23.1. The summed E-state index contributed by atoms with van der Waals surface area (Å²) in [5, 5.41) is 0. The van der Waals surface area contributed by atoms with Crippen molar-refractivity contribution in [2.45, 2.75) is 26.4 Å². The van der Waals surface area contributed by atoms with Crippen LogP contribution in [0.25, 0.3) is 0 Å².